The molecular formula is C18H24BrFIN5O. The molecule has 0 amide bonds. The summed E-state index contributed by atoms with van der Waals surface area (Å²) in [5.41, 5.74) is 1.85. The van der Waals surface area contributed by atoms with Crippen molar-refractivity contribution >= 4 is 45.9 Å². The molecule has 148 valence electrons. The van der Waals surface area contributed by atoms with Crippen molar-refractivity contribution in [1.29, 1.82) is 0 Å². The van der Waals surface area contributed by atoms with Crippen LogP contribution < -0.4 is 5.32 Å². The highest BCUT2D eigenvalue weighted by molar-refractivity contribution is 14.0. The molecule has 1 aromatic heterocycles. The highest BCUT2D eigenvalue weighted by Crippen LogP contribution is 2.16. The fourth-order valence-electron chi connectivity index (χ4n) is 3.00. The van der Waals surface area contributed by atoms with E-state index in [1.807, 2.05) is 19.1 Å². The third-order valence-corrected chi connectivity index (χ3v) is 5.02. The van der Waals surface area contributed by atoms with Gasteiger partial charge < -0.3 is 14.7 Å². The number of piperazine rings is 1. The molecule has 3 rings (SSSR count). The zero-order chi connectivity index (χ0) is 18.5. The summed E-state index contributed by atoms with van der Waals surface area (Å²) in [6, 6.07) is 7.12. The number of rotatable bonds is 4. The van der Waals surface area contributed by atoms with E-state index in [1.165, 1.54) is 6.07 Å². The van der Waals surface area contributed by atoms with Crippen molar-refractivity contribution in [2.45, 2.75) is 20.0 Å². The van der Waals surface area contributed by atoms with Gasteiger partial charge in [-0.25, -0.2) is 4.39 Å². The average Bonchev–Trinajstić information content (AvgIpc) is 3.04. The van der Waals surface area contributed by atoms with Crippen molar-refractivity contribution in [3.05, 3.63) is 51.6 Å². The third kappa shape index (κ3) is 6.15. The molecule has 1 fully saturated rings. The second-order valence-electron chi connectivity index (χ2n) is 6.34. The van der Waals surface area contributed by atoms with Crippen LogP contribution in [0.15, 0.2) is 38.3 Å². The van der Waals surface area contributed by atoms with Crippen LogP contribution in [0.1, 0.15) is 17.0 Å². The van der Waals surface area contributed by atoms with E-state index >= 15 is 0 Å². The molecule has 1 saturated heterocycles. The Morgan fingerprint density at radius 3 is 2.63 bits per heavy atom. The molecule has 2 heterocycles. The van der Waals surface area contributed by atoms with Crippen LogP contribution in [0.2, 0.25) is 0 Å². The van der Waals surface area contributed by atoms with Gasteiger partial charge in [0.1, 0.15) is 11.6 Å². The first kappa shape index (κ1) is 22.1. The van der Waals surface area contributed by atoms with Crippen LogP contribution in [0.4, 0.5) is 4.39 Å². The number of guanidine groups is 1. The maximum absolute atomic E-state index is 13.6. The van der Waals surface area contributed by atoms with Crippen molar-refractivity contribution in [1.82, 2.24) is 20.3 Å². The Bertz CT molecular complexity index is 777. The lowest BCUT2D eigenvalue weighted by molar-refractivity contribution is 0.169. The van der Waals surface area contributed by atoms with E-state index in [4.69, 9.17) is 4.52 Å². The number of hydrogen-bond donors (Lipinski definition) is 1. The standard InChI is InChI=1S/C18H23BrFN5O.HI/c1-13-9-15(23-26-13)12-24-5-7-25(8-6-24)18(21-2)22-11-14-3-4-16(19)17(20)10-14;/h3-4,9-10H,5-8,11-12H2,1-2H3,(H,21,22);1H. The fraction of sp³-hybridized carbons (Fsp3) is 0.444. The normalized spacial score (nSPS) is 15.6. The molecule has 1 N–H and O–H groups in total. The van der Waals surface area contributed by atoms with E-state index in [0.717, 1.165) is 55.7 Å². The van der Waals surface area contributed by atoms with Gasteiger partial charge in [-0.2, -0.15) is 0 Å². The molecule has 0 bridgehead atoms. The van der Waals surface area contributed by atoms with Gasteiger partial charge in [0.25, 0.3) is 0 Å². The average molecular weight is 552 g/mol. The van der Waals surface area contributed by atoms with Gasteiger partial charge in [0.15, 0.2) is 5.96 Å². The SMILES string of the molecule is CN=C(NCc1ccc(Br)c(F)c1)N1CCN(Cc2cc(C)on2)CC1.I. The Kier molecular flexibility index (Phi) is 8.49. The minimum atomic E-state index is -0.254. The number of hydrogen-bond acceptors (Lipinski definition) is 4. The molecule has 0 radical (unpaired) electrons. The number of benzene rings is 1. The molecule has 2 aromatic rings. The molecule has 0 unspecified atom stereocenters. The number of halogens is 3. The van der Waals surface area contributed by atoms with E-state index in [1.54, 1.807) is 13.1 Å². The van der Waals surface area contributed by atoms with E-state index < -0.39 is 0 Å². The van der Waals surface area contributed by atoms with E-state index in [2.05, 4.69) is 41.2 Å². The number of aromatic nitrogens is 1. The quantitative estimate of drug-likeness (QED) is 0.358. The lowest BCUT2D eigenvalue weighted by Crippen LogP contribution is -2.52. The van der Waals surface area contributed by atoms with Crippen LogP contribution in [0.3, 0.4) is 0 Å². The molecule has 1 aliphatic heterocycles. The van der Waals surface area contributed by atoms with Crippen LogP contribution in [-0.4, -0.2) is 54.1 Å². The highest BCUT2D eigenvalue weighted by Gasteiger charge is 2.20. The van der Waals surface area contributed by atoms with Gasteiger partial charge in [-0.1, -0.05) is 11.2 Å². The number of nitrogens with one attached hydrogen (secondary N) is 1. The number of nitrogens with zero attached hydrogens (tertiary/aromatic N) is 4. The van der Waals surface area contributed by atoms with Gasteiger partial charge in [0.2, 0.25) is 0 Å². The van der Waals surface area contributed by atoms with Crippen LogP contribution in [0.25, 0.3) is 0 Å². The van der Waals surface area contributed by atoms with Gasteiger partial charge in [0, 0.05) is 52.4 Å². The first-order valence-corrected chi connectivity index (χ1v) is 9.38. The maximum atomic E-state index is 13.6. The first-order valence-electron chi connectivity index (χ1n) is 8.59. The minimum absolute atomic E-state index is 0. The molecule has 1 aliphatic rings. The van der Waals surface area contributed by atoms with Crippen molar-refractivity contribution in [2.75, 3.05) is 33.2 Å². The summed E-state index contributed by atoms with van der Waals surface area (Å²) in [6.07, 6.45) is 0. The summed E-state index contributed by atoms with van der Waals surface area (Å²) in [6.45, 7) is 6.86. The van der Waals surface area contributed by atoms with Gasteiger partial charge in [-0.3, -0.25) is 9.89 Å². The highest BCUT2D eigenvalue weighted by atomic mass is 127. The predicted molar refractivity (Wildman–Crippen MR) is 118 cm³/mol. The summed E-state index contributed by atoms with van der Waals surface area (Å²) in [5.74, 6) is 1.42. The summed E-state index contributed by atoms with van der Waals surface area (Å²) in [7, 11) is 1.77. The number of aryl methyl sites for hydroxylation is 1. The molecule has 0 aliphatic carbocycles. The second-order valence-corrected chi connectivity index (χ2v) is 7.20. The monoisotopic (exact) mass is 551 g/mol. The molecule has 27 heavy (non-hydrogen) atoms. The fourth-order valence-corrected chi connectivity index (χ4v) is 3.25. The van der Waals surface area contributed by atoms with Gasteiger partial charge in [0.05, 0.1) is 10.2 Å². The van der Waals surface area contributed by atoms with Gasteiger partial charge >= 0.3 is 0 Å². The molecule has 1 aromatic carbocycles. The van der Waals surface area contributed by atoms with Crippen LogP contribution >= 0.6 is 39.9 Å². The summed E-state index contributed by atoms with van der Waals surface area (Å²) in [5, 5.41) is 7.37. The van der Waals surface area contributed by atoms with E-state index in [-0.39, 0.29) is 29.8 Å². The first-order chi connectivity index (χ1) is 12.5. The maximum Gasteiger partial charge on any atom is 0.194 e. The zero-order valence-electron chi connectivity index (χ0n) is 15.4. The van der Waals surface area contributed by atoms with E-state index in [9.17, 15) is 4.39 Å². The topological polar surface area (TPSA) is 56.9 Å². The second kappa shape index (κ2) is 10.4. The Morgan fingerprint density at radius 1 is 1.30 bits per heavy atom. The zero-order valence-corrected chi connectivity index (χ0v) is 19.3. The van der Waals surface area contributed by atoms with Crippen LogP contribution in [-0.2, 0) is 13.1 Å². The number of aliphatic imine (C=N–C) groups is 1. The Hall–Kier alpha value is -1.20. The Balaban J connectivity index is 0.00000261. The molecular weight excluding hydrogens is 528 g/mol. The smallest absolute Gasteiger partial charge is 0.194 e. The summed E-state index contributed by atoms with van der Waals surface area (Å²) in [4.78, 5) is 8.94. The lowest BCUT2D eigenvalue weighted by atomic mass is 10.2. The van der Waals surface area contributed by atoms with Crippen molar-refractivity contribution in [3.63, 3.8) is 0 Å². The Morgan fingerprint density at radius 2 is 2.04 bits per heavy atom. The van der Waals surface area contributed by atoms with Crippen molar-refractivity contribution in [3.8, 4) is 0 Å². The Labute approximate surface area is 184 Å². The summed E-state index contributed by atoms with van der Waals surface area (Å²) < 4.78 is 19.2. The van der Waals surface area contributed by atoms with Crippen LogP contribution in [0.5, 0.6) is 0 Å². The summed E-state index contributed by atoms with van der Waals surface area (Å²) >= 11 is 3.17. The predicted octanol–water partition coefficient (Wildman–Crippen LogP) is 3.40. The van der Waals surface area contributed by atoms with E-state index in [0.29, 0.717) is 11.0 Å². The van der Waals surface area contributed by atoms with Crippen molar-refractivity contribution < 1.29 is 8.91 Å². The molecule has 0 spiro atoms. The molecule has 9 heteroatoms. The molecule has 0 atom stereocenters. The molecule has 0 saturated carbocycles. The lowest BCUT2D eigenvalue weighted by Gasteiger charge is -2.36. The largest absolute Gasteiger partial charge is 0.361 e. The molecule has 6 nitrogen and oxygen atoms in total. The van der Waals surface area contributed by atoms with Gasteiger partial charge in [-0.15, -0.1) is 24.0 Å². The van der Waals surface area contributed by atoms with Crippen molar-refractivity contribution in [2.24, 2.45) is 4.99 Å². The third-order valence-electron chi connectivity index (χ3n) is 4.38. The minimum Gasteiger partial charge on any atom is -0.361 e. The van der Waals surface area contributed by atoms with Crippen LogP contribution in [0, 0.1) is 12.7 Å². The van der Waals surface area contributed by atoms with Gasteiger partial charge in [-0.05, 0) is 40.5 Å².